The molecule has 84 valence electrons. The van der Waals surface area contributed by atoms with Crippen molar-refractivity contribution in [3.63, 3.8) is 0 Å². The lowest BCUT2D eigenvalue weighted by atomic mass is 9.99. The summed E-state index contributed by atoms with van der Waals surface area (Å²) < 4.78 is 0.903. The van der Waals surface area contributed by atoms with E-state index in [1.807, 2.05) is 0 Å². The maximum absolute atomic E-state index is 5.75. The van der Waals surface area contributed by atoms with Crippen LogP contribution in [0.4, 0.5) is 5.82 Å². The minimum Gasteiger partial charge on any atom is -0.382 e. The summed E-state index contributed by atoms with van der Waals surface area (Å²) in [6, 6.07) is 4.24. The second-order valence-corrected chi connectivity index (χ2v) is 6.17. The molecule has 1 heterocycles. The van der Waals surface area contributed by atoms with Crippen LogP contribution in [0.5, 0.6) is 0 Å². The molecule has 2 rings (SSSR count). The number of hydrogen-bond acceptors (Lipinski definition) is 3. The van der Waals surface area contributed by atoms with Gasteiger partial charge in [-0.2, -0.15) is 0 Å². The van der Waals surface area contributed by atoms with Crippen molar-refractivity contribution in [2.45, 2.75) is 20.8 Å². The third kappa shape index (κ3) is 1.87. The molecule has 0 aliphatic rings. The van der Waals surface area contributed by atoms with Crippen LogP contribution in [-0.4, -0.2) is 4.98 Å². The van der Waals surface area contributed by atoms with E-state index in [4.69, 9.17) is 5.73 Å². The SMILES string of the molecule is Cc1ccc(-c2nc(N)c(Br)s2)c(C)c1C. The van der Waals surface area contributed by atoms with Crippen LogP contribution >= 0.6 is 27.3 Å². The van der Waals surface area contributed by atoms with Crippen LogP contribution in [0.1, 0.15) is 16.7 Å². The Kier molecular flexibility index (Phi) is 3.04. The first-order valence-corrected chi connectivity index (χ1v) is 6.60. The lowest BCUT2D eigenvalue weighted by Crippen LogP contribution is -1.91. The summed E-state index contributed by atoms with van der Waals surface area (Å²) in [5.41, 5.74) is 10.8. The Morgan fingerprint density at radius 3 is 2.44 bits per heavy atom. The van der Waals surface area contributed by atoms with Gasteiger partial charge in [0.2, 0.25) is 0 Å². The second-order valence-electron chi connectivity index (χ2n) is 3.86. The summed E-state index contributed by atoms with van der Waals surface area (Å²) in [4.78, 5) is 4.36. The van der Waals surface area contributed by atoms with Gasteiger partial charge in [-0.25, -0.2) is 4.98 Å². The third-order valence-electron chi connectivity index (χ3n) is 2.90. The van der Waals surface area contributed by atoms with E-state index < -0.39 is 0 Å². The fourth-order valence-electron chi connectivity index (χ4n) is 1.62. The van der Waals surface area contributed by atoms with Crippen molar-refractivity contribution < 1.29 is 0 Å². The molecular weight excluding hydrogens is 284 g/mol. The maximum Gasteiger partial charge on any atom is 0.149 e. The summed E-state index contributed by atoms with van der Waals surface area (Å²) in [6.07, 6.45) is 0. The Morgan fingerprint density at radius 1 is 1.19 bits per heavy atom. The molecule has 1 aromatic heterocycles. The van der Waals surface area contributed by atoms with E-state index in [0.717, 1.165) is 8.79 Å². The van der Waals surface area contributed by atoms with E-state index in [9.17, 15) is 0 Å². The van der Waals surface area contributed by atoms with Gasteiger partial charge in [0.1, 0.15) is 14.6 Å². The molecule has 0 saturated heterocycles. The van der Waals surface area contributed by atoms with Gasteiger partial charge in [-0.3, -0.25) is 0 Å². The quantitative estimate of drug-likeness (QED) is 0.861. The fraction of sp³-hybridized carbons (Fsp3) is 0.250. The zero-order chi connectivity index (χ0) is 11.9. The number of thiazole rings is 1. The van der Waals surface area contributed by atoms with Gasteiger partial charge in [0, 0.05) is 5.56 Å². The number of nitrogen functional groups attached to an aromatic ring is 1. The highest BCUT2D eigenvalue weighted by Crippen LogP contribution is 2.36. The summed E-state index contributed by atoms with van der Waals surface area (Å²) in [7, 11) is 0. The smallest absolute Gasteiger partial charge is 0.149 e. The molecule has 2 aromatic rings. The van der Waals surface area contributed by atoms with Crippen molar-refractivity contribution in [3.05, 3.63) is 32.6 Å². The zero-order valence-electron chi connectivity index (χ0n) is 9.47. The Labute approximate surface area is 108 Å². The Balaban J connectivity index is 2.61. The monoisotopic (exact) mass is 296 g/mol. The van der Waals surface area contributed by atoms with E-state index in [1.165, 1.54) is 22.3 Å². The van der Waals surface area contributed by atoms with Gasteiger partial charge < -0.3 is 5.73 Å². The van der Waals surface area contributed by atoms with E-state index in [-0.39, 0.29) is 0 Å². The summed E-state index contributed by atoms with van der Waals surface area (Å²) >= 11 is 4.98. The fourth-order valence-corrected chi connectivity index (χ4v) is 2.96. The van der Waals surface area contributed by atoms with Crippen molar-refractivity contribution in [1.82, 2.24) is 4.98 Å². The molecule has 4 heteroatoms. The average Bonchev–Trinajstić information content (AvgIpc) is 2.56. The molecule has 0 fully saturated rings. The molecule has 16 heavy (non-hydrogen) atoms. The molecule has 0 radical (unpaired) electrons. The number of anilines is 1. The molecule has 0 atom stereocenters. The topological polar surface area (TPSA) is 38.9 Å². The molecule has 1 aromatic carbocycles. The van der Waals surface area contributed by atoms with Crippen molar-refractivity contribution >= 4 is 33.1 Å². The second kappa shape index (κ2) is 4.18. The molecule has 0 aliphatic heterocycles. The summed E-state index contributed by atoms with van der Waals surface area (Å²) in [5.74, 6) is 0.567. The highest BCUT2D eigenvalue weighted by Gasteiger charge is 2.11. The average molecular weight is 297 g/mol. The number of halogens is 1. The number of nitrogens with two attached hydrogens (primary N) is 1. The number of hydrogen-bond donors (Lipinski definition) is 1. The van der Waals surface area contributed by atoms with Gasteiger partial charge in [-0.15, -0.1) is 11.3 Å². The van der Waals surface area contributed by atoms with Crippen molar-refractivity contribution in [2.75, 3.05) is 5.73 Å². The third-order valence-corrected chi connectivity index (χ3v) is 4.68. The molecule has 0 unspecified atom stereocenters. The summed E-state index contributed by atoms with van der Waals surface area (Å²) in [6.45, 7) is 6.39. The molecule has 0 saturated carbocycles. The molecule has 0 bridgehead atoms. The maximum atomic E-state index is 5.75. The Bertz CT molecular complexity index is 527. The molecule has 2 nitrogen and oxygen atoms in total. The van der Waals surface area contributed by atoms with Crippen LogP contribution in [0.3, 0.4) is 0 Å². The zero-order valence-corrected chi connectivity index (χ0v) is 11.9. The molecule has 0 aliphatic carbocycles. The minimum atomic E-state index is 0.567. The highest BCUT2D eigenvalue weighted by atomic mass is 79.9. The van der Waals surface area contributed by atoms with Gasteiger partial charge >= 0.3 is 0 Å². The predicted octanol–water partition coefficient (Wildman–Crippen LogP) is 4.08. The van der Waals surface area contributed by atoms with Gasteiger partial charge in [0.25, 0.3) is 0 Å². The van der Waals surface area contributed by atoms with Crippen molar-refractivity contribution in [1.29, 1.82) is 0 Å². The lowest BCUT2D eigenvalue weighted by molar-refractivity contribution is 1.26. The number of rotatable bonds is 1. The molecular formula is C12H13BrN2S. The van der Waals surface area contributed by atoms with E-state index >= 15 is 0 Å². The first-order valence-electron chi connectivity index (χ1n) is 4.99. The van der Waals surface area contributed by atoms with Gasteiger partial charge in [-0.1, -0.05) is 12.1 Å². The number of benzene rings is 1. The van der Waals surface area contributed by atoms with Crippen LogP contribution in [0, 0.1) is 20.8 Å². The van der Waals surface area contributed by atoms with Gasteiger partial charge in [0.05, 0.1) is 0 Å². The highest BCUT2D eigenvalue weighted by molar-refractivity contribution is 9.11. The first kappa shape index (κ1) is 11.6. The normalized spacial score (nSPS) is 10.8. The van der Waals surface area contributed by atoms with E-state index in [1.54, 1.807) is 11.3 Å². The van der Waals surface area contributed by atoms with Crippen molar-refractivity contribution in [3.8, 4) is 10.6 Å². The van der Waals surface area contributed by atoms with E-state index in [2.05, 4.69) is 53.8 Å². The van der Waals surface area contributed by atoms with E-state index in [0.29, 0.717) is 5.82 Å². The molecule has 2 N–H and O–H groups in total. The van der Waals surface area contributed by atoms with Crippen LogP contribution in [0.15, 0.2) is 15.9 Å². The largest absolute Gasteiger partial charge is 0.382 e. The molecule has 0 spiro atoms. The summed E-state index contributed by atoms with van der Waals surface area (Å²) in [5, 5.41) is 0.977. The first-order chi connectivity index (χ1) is 7.50. The lowest BCUT2D eigenvalue weighted by Gasteiger charge is -2.08. The standard InChI is InChI=1S/C12H13BrN2S/c1-6-4-5-9(8(3)7(6)2)12-15-11(14)10(13)16-12/h4-5H,14H2,1-3H3. The predicted molar refractivity (Wildman–Crippen MR) is 73.9 cm³/mol. The number of aromatic nitrogens is 1. The number of aryl methyl sites for hydroxylation is 1. The van der Waals surface area contributed by atoms with Crippen LogP contribution in [0.2, 0.25) is 0 Å². The van der Waals surface area contributed by atoms with Crippen LogP contribution in [-0.2, 0) is 0 Å². The van der Waals surface area contributed by atoms with Crippen LogP contribution < -0.4 is 5.73 Å². The minimum absolute atomic E-state index is 0.567. The Hall–Kier alpha value is -0.870. The van der Waals surface area contributed by atoms with Gasteiger partial charge in [-0.05, 0) is 53.4 Å². The molecule has 0 amide bonds. The van der Waals surface area contributed by atoms with Crippen LogP contribution in [0.25, 0.3) is 10.6 Å². The number of nitrogens with zero attached hydrogens (tertiary/aromatic N) is 1. The van der Waals surface area contributed by atoms with Crippen molar-refractivity contribution in [2.24, 2.45) is 0 Å². The Morgan fingerprint density at radius 2 is 1.88 bits per heavy atom. The van der Waals surface area contributed by atoms with Gasteiger partial charge in [0.15, 0.2) is 0 Å².